The van der Waals surface area contributed by atoms with Crippen LogP contribution in [0.3, 0.4) is 0 Å². The number of hydrogen-bond donors (Lipinski definition) is 0. The minimum absolute atomic E-state index is 1.09. The van der Waals surface area contributed by atoms with Crippen LogP contribution in [0.4, 0.5) is 17.1 Å². The lowest BCUT2D eigenvalue weighted by atomic mass is 9.86. The lowest BCUT2D eigenvalue weighted by Crippen LogP contribution is -2.11. The number of para-hydroxylation sites is 3. The summed E-state index contributed by atoms with van der Waals surface area (Å²) in [4.78, 5) is 2.46. The van der Waals surface area contributed by atoms with Gasteiger partial charge < -0.3 is 14.0 Å². The van der Waals surface area contributed by atoms with Crippen molar-refractivity contribution in [1.82, 2.24) is 9.13 Å². The van der Waals surface area contributed by atoms with E-state index >= 15 is 0 Å². The van der Waals surface area contributed by atoms with Crippen LogP contribution in [0.5, 0.6) is 0 Å². The first-order valence-corrected chi connectivity index (χ1v) is 29.3. The fraction of sp³-hybridized carbons (Fsp3) is 0. The predicted octanol–water partition coefficient (Wildman–Crippen LogP) is 22.6. The Morgan fingerprint density at radius 1 is 0.200 bits per heavy atom. The maximum atomic E-state index is 2.46. The predicted molar refractivity (Wildman–Crippen MR) is 362 cm³/mol. The molecule has 0 aliphatic carbocycles. The van der Waals surface area contributed by atoms with Crippen LogP contribution in [0, 0.1) is 0 Å². The standard InChI is InChI=1S/C82H53N3/c1-3-21-54(22-4-1)55-41-45-64(46-42-55)83(63-27-5-2-6-28-63)82-71-35-13-11-33-69(71)81(70-34-12-14-36-72(70)82)62-50-60(58-43-47-79-73(52-58)67-31-15-17-37-77(67)84(79)75-39-19-25-56-23-7-9-29-65(56)75)49-61(51-62)59-44-48-80-74(53-59)68-32-16-18-38-78(68)85(80)76-40-20-26-57-24-8-10-30-66(57)76/h1-53H. The molecule has 15 aromatic carbocycles. The van der Waals surface area contributed by atoms with Gasteiger partial charge >= 0.3 is 0 Å². The summed E-state index contributed by atoms with van der Waals surface area (Å²) in [5, 5.41) is 14.5. The Kier molecular flexibility index (Phi) is 11.2. The minimum atomic E-state index is 1.09. The Morgan fingerprint density at radius 2 is 0.565 bits per heavy atom. The van der Waals surface area contributed by atoms with Crippen molar-refractivity contribution in [2.45, 2.75) is 0 Å². The second-order valence-corrected chi connectivity index (χ2v) is 22.4. The SMILES string of the molecule is c1ccc(-c2ccc(N(c3ccccc3)c3c4ccccc4c(-c4cc(-c5ccc6c(c5)c5ccccc5n6-c5cccc6ccccc56)cc(-c5ccc6c(c5)c5ccccc5n6-c5cccc6ccccc56)c4)c4ccccc34)cc2)cc1. The largest absolute Gasteiger partial charge is 0.309 e. The molecule has 0 amide bonds. The third kappa shape index (κ3) is 7.89. The molecule has 17 rings (SSSR count). The molecule has 0 bridgehead atoms. The quantitative estimate of drug-likeness (QED) is 0.131. The molecule has 0 aliphatic rings. The molecular formula is C82H53N3. The summed E-state index contributed by atoms with van der Waals surface area (Å²) in [6.45, 7) is 0. The van der Waals surface area contributed by atoms with Gasteiger partial charge in [-0.1, -0.05) is 231 Å². The van der Waals surface area contributed by atoms with Crippen molar-refractivity contribution in [2.75, 3.05) is 4.90 Å². The van der Waals surface area contributed by atoms with Gasteiger partial charge in [-0.2, -0.15) is 0 Å². The van der Waals surface area contributed by atoms with Crippen molar-refractivity contribution in [1.29, 1.82) is 0 Å². The zero-order valence-electron chi connectivity index (χ0n) is 46.4. The van der Waals surface area contributed by atoms with E-state index in [-0.39, 0.29) is 0 Å². The highest BCUT2D eigenvalue weighted by molar-refractivity contribution is 6.23. The Balaban J connectivity index is 0.913. The highest BCUT2D eigenvalue weighted by atomic mass is 15.1. The van der Waals surface area contributed by atoms with E-state index in [0.717, 1.165) is 44.9 Å². The fourth-order valence-electron chi connectivity index (χ4n) is 13.8. The number of rotatable bonds is 9. The van der Waals surface area contributed by atoms with Crippen LogP contribution in [0.1, 0.15) is 0 Å². The van der Waals surface area contributed by atoms with E-state index in [4.69, 9.17) is 0 Å². The summed E-state index contributed by atoms with van der Waals surface area (Å²) in [5.41, 5.74) is 19.8. The number of aromatic nitrogens is 2. The first kappa shape index (κ1) is 48.4. The molecule has 17 aromatic rings. The molecular weight excluding hydrogens is 1030 g/mol. The van der Waals surface area contributed by atoms with Crippen molar-refractivity contribution in [3.05, 3.63) is 322 Å². The van der Waals surface area contributed by atoms with Gasteiger partial charge in [-0.3, -0.25) is 0 Å². The van der Waals surface area contributed by atoms with Gasteiger partial charge in [0.05, 0.1) is 39.1 Å². The Morgan fingerprint density at radius 3 is 1.08 bits per heavy atom. The van der Waals surface area contributed by atoms with Crippen LogP contribution in [0.15, 0.2) is 322 Å². The topological polar surface area (TPSA) is 13.1 Å². The van der Waals surface area contributed by atoms with E-state index in [1.165, 1.54) is 115 Å². The second-order valence-electron chi connectivity index (χ2n) is 22.4. The molecule has 0 fully saturated rings. The van der Waals surface area contributed by atoms with Gasteiger partial charge in [-0.05, 0) is 157 Å². The zero-order chi connectivity index (χ0) is 56.0. The van der Waals surface area contributed by atoms with Crippen molar-refractivity contribution in [3.63, 3.8) is 0 Å². The summed E-state index contributed by atoms with van der Waals surface area (Å²) in [6, 6.07) is 119. The van der Waals surface area contributed by atoms with E-state index in [2.05, 4.69) is 336 Å². The summed E-state index contributed by atoms with van der Waals surface area (Å²) in [6.07, 6.45) is 0. The fourth-order valence-corrected chi connectivity index (χ4v) is 13.8. The lowest BCUT2D eigenvalue weighted by Gasteiger charge is -2.29. The molecule has 0 aliphatic heterocycles. The van der Waals surface area contributed by atoms with Crippen molar-refractivity contribution < 1.29 is 0 Å². The van der Waals surface area contributed by atoms with Gasteiger partial charge in [0.15, 0.2) is 0 Å². The van der Waals surface area contributed by atoms with E-state index in [1.54, 1.807) is 0 Å². The summed E-state index contributed by atoms with van der Waals surface area (Å²) in [5.74, 6) is 0. The Hall–Kier alpha value is -11.3. The van der Waals surface area contributed by atoms with Gasteiger partial charge in [0.1, 0.15) is 0 Å². The highest BCUT2D eigenvalue weighted by Crippen LogP contribution is 2.50. The van der Waals surface area contributed by atoms with Gasteiger partial charge in [0.25, 0.3) is 0 Å². The molecule has 3 nitrogen and oxygen atoms in total. The van der Waals surface area contributed by atoms with Gasteiger partial charge in [-0.15, -0.1) is 0 Å². The molecule has 2 aromatic heterocycles. The first-order valence-electron chi connectivity index (χ1n) is 29.3. The molecule has 85 heavy (non-hydrogen) atoms. The maximum absolute atomic E-state index is 2.46. The van der Waals surface area contributed by atoms with Gasteiger partial charge in [0.2, 0.25) is 0 Å². The molecule has 396 valence electrons. The maximum Gasteiger partial charge on any atom is 0.0618 e. The van der Waals surface area contributed by atoms with Crippen molar-refractivity contribution >= 4 is 104 Å². The molecule has 3 heteroatoms. The van der Waals surface area contributed by atoms with Crippen LogP contribution in [-0.2, 0) is 0 Å². The number of fused-ring (bicyclic) bond motifs is 10. The Bertz CT molecular complexity index is 5190. The van der Waals surface area contributed by atoms with Crippen LogP contribution < -0.4 is 4.90 Å². The minimum Gasteiger partial charge on any atom is -0.309 e. The molecule has 0 saturated heterocycles. The first-order chi connectivity index (χ1) is 42.2. The second kappa shape index (κ2) is 19.7. The van der Waals surface area contributed by atoms with Gasteiger partial charge in [0, 0.05) is 54.5 Å². The third-order valence-electron chi connectivity index (χ3n) is 17.6. The molecule has 0 N–H and O–H groups in total. The average molecular weight is 1080 g/mol. The molecule has 0 unspecified atom stereocenters. The Labute approximate surface area is 492 Å². The smallest absolute Gasteiger partial charge is 0.0618 e. The molecule has 0 radical (unpaired) electrons. The van der Waals surface area contributed by atoms with E-state index < -0.39 is 0 Å². The summed E-state index contributed by atoms with van der Waals surface area (Å²) in [7, 11) is 0. The number of hydrogen-bond acceptors (Lipinski definition) is 1. The van der Waals surface area contributed by atoms with E-state index in [1.807, 2.05) is 0 Å². The lowest BCUT2D eigenvalue weighted by molar-refractivity contribution is 1.20. The summed E-state index contributed by atoms with van der Waals surface area (Å²) < 4.78 is 4.91. The zero-order valence-corrected chi connectivity index (χ0v) is 46.4. The van der Waals surface area contributed by atoms with Gasteiger partial charge in [-0.25, -0.2) is 0 Å². The number of benzene rings is 15. The third-order valence-corrected chi connectivity index (χ3v) is 17.6. The molecule has 0 atom stereocenters. The normalized spacial score (nSPS) is 11.8. The number of nitrogens with zero attached hydrogens (tertiary/aromatic N) is 3. The van der Waals surface area contributed by atoms with Crippen LogP contribution in [0.2, 0.25) is 0 Å². The van der Waals surface area contributed by atoms with Crippen molar-refractivity contribution in [3.8, 4) is 55.9 Å². The monoisotopic (exact) mass is 1080 g/mol. The highest BCUT2D eigenvalue weighted by Gasteiger charge is 2.24. The van der Waals surface area contributed by atoms with Crippen molar-refractivity contribution in [2.24, 2.45) is 0 Å². The van der Waals surface area contributed by atoms with E-state index in [0.29, 0.717) is 0 Å². The van der Waals surface area contributed by atoms with Crippen LogP contribution >= 0.6 is 0 Å². The average Bonchev–Trinajstić information content (AvgIpc) is 2.54. The van der Waals surface area contributed by atoms with E-state index in [9.17, 15) is 0 Å². The molecule has 0 spiro atoms. The summed E-state index contributed by atoms with van der Waals surface area (Å²) >= 11 is 0. The van der Waals surface area contributed by atoms with Crippen LogP contribution in [-0.4, -0.2) is 9.13 Å². The molecule has 0 saturated carbocycles. The van der Waals surface area contributed by atoms with Crippen LogP contribution in [0.25, 0.3) is 143 Å². The number of anilines is 3. The molecule has 2 heterocycles.